The number of rotatable bonds is 9. The minimum Gasteiger partial charge on any atom is -0.455 e. The normalized spacial score (nSPS) is 11.8. The summed E-state index contributed by atoms with van der Waals surface area (Å²) in [7, 11) is 0. The van der Waals surface area contributed by atoms with Crippen LogP contribution in [0.1, 0.15) is 0 Å². The van der Waals surface area contributed by atoms with Crippen LogP contribution in [0.4, 0.5) is 34.1 Å². The minimum absolute atomic E-state index is 0.870. The Morgan fingerprint density at radius 2 is 0.436 bits per heavy atom. The highest BCUT2D eigenvalue weighted by Gasteiger charge is 2.23. The summed E-state index contributed by atoms with van der Waals surface area (Å²) in [5, 5.41) is 29.1. The monoisotopic (exact) mass is 1400 g/mol. The lowest BCUT2D eigenvalue weighted by atomic mass is 9.92. The van der Waals surface area contributed by atoms with Gasteiger partial charge in [0.15, 0.2) is 0 Å². The van der Waals surface area contributed by atoms with E-state index in [1.807, 2.05) is 0 Å². The van der Waals surface area contributed by atoms with E-state index >= 15 is 0 Å². The summed E-state index contributed by atoms with van der Waals surface area (Å²) in [4.78, 5) is 4.73. The van der Waals surface area contributed by atoms with Crippen LogP contribution in [0.3, 0.4) is 0 Å². The molecule has 0 fully saturated rings. The van der Waals surface area contributed by atoms with E-state index < -0.39 is 0 Å². The lowest BCUT2D eigenvalue weighted by Gasteiger charge is -2.27. The molecular weight excluding hydrogens is 1330 g/mol. The molecule has 4 heteroatoms. The fraction of sp³-hybridized carbons (Fsp3) is 0. The topological polar surface area (TPSA) is 32.8 Å². The molecule has 2 heterocycles. The Morgan fingerprint density at radius 1 is 0.155 bits per heavy atom. The van der Waals surface area contributed by atoms with Crippen molar-refractivity contribution >= 4 is 186 Å². The number of hydrogen-bond donors (Lipinski definition) is 0. The highest BCUT2D eigenvalue weighted by Crippen LogP contribution is 2.48. The molecule has 0 N–H and O–H groups in total. The van der Waals surface area contributed by atoms with E-state index in [1.54, 1.807) is 0 Å². The Balaban J connectivity index is 0.000000136. The molecule has 23 aromatic rings. The van der Waals surface area contributed by atoms with Crippen LogP contribution in [0, 0.1) is 0 Å². The lowest BCUT2D eigenvalue weighted by Crippen LogP contribution is -2.10. The Labute approximate surface area is 634 Å². The third-order valence-corrected chi connectivity index (χ3v) is 22.8. The second-order valence-electron chi connectivity index (χ2n) is 29.0. The van der Waals surface area contributed by atoms with Gasteiger partial charge in [0.05, 0.1) is 5.69 Å². The van der Waals surface area contributed by atoms with Crippen LogP contribution in [0.15, 0.2) is 409 Å². The van der Waals surface area contributed by atoms with Crippen LogP contribution in [0.5, 0.6) is 0 Å². The Morgan fingerprint density at radius 3 is 0.927 bits per heavy atom. The second kappa shape index (κ2) is 25.6. The summed E-state index contributed by atoms with van der Waals surface area (Å²) in [5.74, 6) is 0. The van der Waals surface area contributed by atoms with Crippen LogP contribution in [0.25, 0.3) is 185 Å². The molecule has 0 atom stereocenters. The van der Waals surface area contributed by atoms with Gasteiger partial charge < -0.3 is 18.6 Å². The van der Waals surface area contributed by atoms with Crippen LogP contribution in [-0.2, 0) is 0 Å². The van der Waals surface area contributed by atoms with Gasteiger partial charge in [0.2, 0.25) is 0 Å². The lowest BCUT2D eigenvalue weighted by molar-refractivity contribution is 0.672. The van der Waals surface area contributed by atoms with Gasteiger partial charge in [-0.05, 0) is 216 Å². The predicted molar refractivity (Wildman–Crippen MR) is 468 cm³/mol. The van der Waals surface area contributed by atoms with Crippen molar-refractivity contribution in [3.8, 4) is 33.4 Å². The van der Waals surface area contributed by atoms with Gasteiger partial charge in [-0.1, -0.05) is 297 Å². The molecule has 23 rings (SSSR count). The van der Waals surface area contributed by atoms with Crippen LogP contribution < -0.4 is 9.80 Å². The van der Waals surface area contributed by atoms with E-state index in [9.17, 15) is 0 Å². The maximum absolute atomic E-state index is 6.72. The molecule has 0 saturated carbocycles. The van der Waals surface area contributed by atoms with Crippen molar-refractivity contribution in [1.82, 2.24) is 0 Å². The van der Waals surface area contributed by atoms with Crippen molar-refractivity contribution in [2.24, 2.45) is 0 Å². The molecule has 0 radical (unpaired) electrons. The minimum atomic E-state index is 0.870. The number of hydrogen-bond acceptors (Lipinski definition) is 4. The van der Waals surface area contributed by atoms with E-state index in [4.69, 9.17) is 8.83 Å². The summed E-state index contributed by atoms with van der Waals surface area (Å²) < 4.78 is 13.4. The van der Waals surface area contributed by atoms with Crippen molar-refractivity contribution in [3.63, 3.8) is 0 Å². The Kier molecular flexibility index (Phi) is 14.6. The summed E-state index contributed by atoms with van der Waals surface area (Å²) in [6, 6.07) is 145. The van der Waals surface area contributed by atoms with E-state index in [2.05, 4.69) is 410 Å². The van der Waals surface area contributed by atoms with E-state index in [0.717, 1.165) is 88.8 Å². The fourth-order valence-electron chi connectivity index (χ4n) is 17.5. The standard InChI is InChI=1S/C56H35NO.C50H31NO/c1-6-16-46-38(11-1)27-31-52-51-32-30-43(35-55(51)58-56(46)52)57(54-34-41-13-3-5-15-45(41)48-18-9-10-20-50(48)54)42-28-25-37(26-29-42)36-21-23-39(24-22-36)53-33-40-12-2-4-14-44(40)47-17-7-8-19-49(47)53;1-4-12-40-32(9-1)17-18-36-29-38(24-27-42(36)40)51(39-25-28-46-47-26-21-33-10-2-6-14-43(33)50(47)52-49(46)31-39)37-22-19-34(20-23-37)48-30-35-11-3-5-13-41(35)44-15-7-8-16-45(44)48/h1-35H;1-31H. The van der Waals surface area contributed by atoms with Crippen molar-refractivity contribution in [2.45, 2.75) is 0 Å². The quantitative estimate of drug-likeness (QED) is 0.135. The molecule has 0 aliphatic heterocycles. The number of nitrogens with zero attached hydrogens (tertiary/aromatic N) is 2. The number of benzene rings is 21. The molecule has 0 amide bonds. The Hall–Kier alpha value is -14.6. The van der Waals surface area contributed by atoms with Gasteiger partial charge >= 0.3 is 0 Å². The van der Waals surface area contributed by atoms with Gasteiger partial charge in [-0.15, -0.1) is 0 Å². The smallest absolute Gasteiger partial charge is 0.143 e. The maximum Gasteiger partial charge on any atom is 0.143 e. The maximum atomic E-state index is 6.72. The first-order chi connectivity index (χ1) is 54.5. The number of furan rings is 2. The van der Waals surface area contributed by atoms with Gasteiger partial charge in [-0.25, -0.2) is 0 Å². The largest absolute Gasteiger partial charge is 0.455 e. The molecule has 0 saturated heterocycles. The molecular formula is C106H66N2O2. The summed E-state index contributed by atoms with van der Waals surface area (Å²) in [5.41, 5.74) is 17.3. The molecule has 0 spiro atoms. The van der Waals surface area contributed by atoms with E-state index in [0.29, 0.717) is 0 Å². The van der Waals surface area contributed by atoms with Crippen LogP contribution in [0.2, 0.25) is 0 Å². The predicted octanol–water partition coefficient (Wildman–Crippen LogP) is 30.6. The van der Waals surface area contributed by atoms with Crippen molar-refractivity contribution in [1.29, 1.82) is 0 Å². The zero-order chi connectivity index (χ0) is 72.3. The molecule has 512 valence electrons. The van der Waals surface area contributed by atoms with Gasteiger partial charge in [-0.3, -0.25) is 0 Å². The van der Waals surface area contributed by atoms with Crippen molar-refractivity contribution < 1.29 is 8.83 Å². The van der Waals surface area contributed by atoms with E-state index in [-0.39, 0.29) is 0 Å². The molecule has 0 unspecified atom stereocenters. The number of anilines is 6. The van der Waals surface area contributed by atoms with Crippen molar-refractivity contribution in [2.75, 3.05) is 9.80 Å². The molecule has 0 bridgehead atoms. The average molecular weight is 1400 g/mol. The number of fused-ring (bicyclic) bond motifs is 22. The molecule has 2 aromatic heterocycles. The fourth-order valence-corrected chi connectivity index (χ4v) is 17.5. The SMILES string of the molecule is c1ccc2c(c1)cc(-c1ccc(-c3ccc(N(c4ccc5c(c4)oc4c6ccccc6ccc54)c4cc5ccccc5c5ccccc45)cc3)cc1)c1ccccc12.c1ccc2c(c1)ccc1cc(N(c3ccc(-c4cc5ccccc5c5ccccc45)cc3)c3ccc4c(c3)oc3c5ccccc5ccc43)ccc12. The van der Waals surface area contributed by atoms with Gasteiger partial charge in [0.1, 0.15) is 22.3 Å². The van der Waals surface area contributed by atoms with Crippen LogP contribution >= 0.6 is 0 Å². The van der Waals surface area contributed by atoms with Crippen LogP contribution in [-0.4, -0.2) is 0 Å². The van der Waals surface area contributed by atoms with Gasteiger partial charge in [-0.2, -0.15) is 0 Å². The first-order valence-corrected chi connectivity index (χ1v) is 37.7. The highest BCUT2D eigenvalue weighted by atomic mass is 16.3. The molecule has 0 aliphatic rings. The first kappa shape index (κ1) is 62.8. The third-order valence-electron chi connectivity index (χ3n) is 22.8. The zero-order valence-electron chi connectivity index (χ0n) is 59.8. The second-order valence-corrected chi connectivity index (χ2v) is 29.0. The molecule has 0 aliphatic carbocycles. The van der Waals surface area contributed by atoms with Crippen molar-refractivity contribution in [3.05, 3.63) is 400 Å². The average Bonchev–Trinajstić information content (AvgIpc) is 1.50. The molecule has 110 heavy (non-hydrogen) atoms. The first-order valence-electron chi connectivity index (χ1n) is 37.7. The van der Waals surface area contributed by atoms with Gasteiger partial charge in [0.25, 0.3) is 0 Å². The zero-order valence-corrected chi connectivity index (χ0v) is 59.8. The highest BCUT2D eigenvalue weighted by molar-refractivity contribution is 6.20. The van der Waals surface area contributed by atoms with Gasteiger partial charge in [0, 0.05) is 78.3 Å². The van der Waals surface area contributed by atoms with E-state index in [1.165, 1.54) is 130 Å². The summed E-state index contributed by atoms with van der Waals surface area (Å²) in [6.45, 7) is 0. The third kappa shape index (κ3) is 10.4. The molecule has 21 aromatic carbocycles. The summed E-state index contributed by atoms with van der Waals surface area (Å²) >= 11 is 0. The summed E-state index contributed by atoms with van der Waals surface area (Å²) in [6.07, 6.45) is 0. The molecule has 4 nitrogen and oxygen atoms in total. The Bertz CT molecular complexity index is 7660.